The zero-order valence-corrected chi connectivity index (χ0v) is 17.0. The van der Waals surface area contributed by atoms with Gasteiger partial charge in [0, 0.05) is 24.1 Å². The molecule has 5 heteroatoms. The summed E-state index contributed by atoms with van der Waals surface area (Å²) in [5.41, 5.74) is 10.5. The minimum absolute atomic E-state index is 0.728. The first-order valence-corrected chi connectivity index (χ1v) is 9.80. The molecule has 0 aliphatic rings. The van der Waals surface area contributed by atoms with Crippen molar-refractivity contribution in [3.63, 3.8) is 0 Å². The first-order chi connectivity index (χ1) is 11.1. The zero-order valence-electron chi connectivity index (χ0n) is 12.5. The van der Waals surface area contributed by atoms with Crippen LogP contribution < -0.4 is 5.73 Å². The van der Waals surface area contributed by atoms with Crippen molar-refractivity contribution >= 4 is 61.0 Å². The summed E-state index contributed by atoms with van der Waals surface area (Å²) in [6.07, 6.45) is 3.09. The summed E-state index contributed by atoms with van der Waals surface area (Å²) in [6, 6.07) is 12.6. The van der Waals surface area contributed by atoms with Gasteiger partial charge in [-0.05, 0) is 99.7 Å². The van der Waals surface area contributed by atoms with Gasteiger partial charge < -0.3 is 10.7 Å². The third-order valence-electron chi connectivity index (χ3n) is 3.95. The number of hydrogen-bond donors (Lipinski definition) is 2. The predicted molar refractivity (Wildman–Crippen MR) is 111 cm³/mol. The minimum atomic E-state index is 0.728. The number of halogens is 3. The van der Waals surface area contributed by atoms with Crippen LogP contribution in [-0.2, 0) is 6.42 Å². The van der Waals surface area contributed by atoms with Crippen molar-refractivity contribution in [3.05, 3.63) is 55.0 Å². The second kappa shape index (κ2) is 7.55. The predicted octanol–water partition coefficient (Wildman–Crippen LogP) is 6.14. The van der Waals surface area contributed by atoms with Gasteiger partial charge in [-0.1, -0.05) is 23.7 Å². The number of rotatable bonds is 5. The highest BCUT2D eigenvalue weighted by Gasteiger charge is 2.15. The number of H-pyrrole nitrogens is 1. The summed E-state index contributed by atoms with van der Waals surface area (Å²) in [4.78, 5) is 3.58. The fourth-order valence-corrected chi connectivity index (χ4v) is 4.11. The van der Waals surface area contributed by atoms with E-state index in [4.69, 9.17) is 17.3 Å². The first-order valence-electron chi connectivity index (χ1n) is 7.55. The van der Waals surface area contributed by atoms with Gasteiger partial charge in [0.2, 0.25) is 0 Å². The van der Waals surface area contributed by atoms with E-state index in [0.717, 1.165) is 40.8 Å². The maximum atomic E-state index is 6.27. The lowest BCUT2D eigenvalue weighted by Gasteiger charge is -2.06. The van der Waals surface area contributed by atoms with Gasteiger partial charge >= 0.3 is 0 Å². The molecule has 2 aromatic carbocycles. The Morgan fingerprint density at radius 1 is 1.13 bits per heavy atom. The van der Waals surface area contributed by atoms with E-state index in [9.17, 15) is 0 Å². The topological polar surface area (TPSA) is 41.8 Å². The fourth-order valence-electron chi connectivity index (χ4n) is 2.84. The molecule has 0 atom stereocenters. The molecule has 0 radical (unpaired) electrons. The summed E-state index contributed by atoms with van der Waals surface area (Å²) in [7, 11) is 0. The van der Waals surface area contributed by atoms with Crippen LogP contribution >= 0.6 is 50.1 Å². The highest BCUT2D eigenvalue weighted by atomic mass is 127. The molecule has 0 saturated heterocycles. The number of nitrogens with two attached hydrogens (primary N) is 1. The summed E-state index contributed by atoms with van der Waals surface area (Å²) in [5.74, 6) is 0. The molecule has 3 aromatic rings. The Labute approximate surface area is 163 Å². The molecular formula is C18H17BrClIN2. The zero-order chi connectivity index (χ0) is 16.4. The maximum Gasteiger partial charge on any atom is 0.0607 e. The van der Waals surface area contributed by atoms with E-state index in [1.807, 2.05) is 12.1 Å². The highest BCUT2D eigenvalue weighted by Crippen LogP contribution is 2.37. The number of hydrogen-bond acceptors (Lipinski definition) is 1. The molecule has 120 valence electrons. The molecule has 0 aliphatic carbocycles. The molecule has 0 spiro atoms. The average Bonchev–Trinajstić information content (AvgIpc) is 2.87. The molecule has 0 unspecified atom stereocenters. The van der Waals surface area contributed by atoms with E-state index in [-0.39, 0.29) is 0 Å². The Balaban J connectivity index is 2.16. The molecule has 3 N–H and O–H groups in total. The summed E-state index contributed by atoms with van der Waals surface area (Å²) in [5, 5.41) is 1.94. The van der Waals surface area contributed by atoms with Crippen LogP contribution in [0, 0.1) is 3.57 Å². The molecule has 23 heavy (non-hydrogen) atoms. The van der Waals surface area contributed by atoms with E-state index in [2.05, 4.69) is 67.8 Å². The van der Waals surface area contributed by atoms with Gasteiger partial charge in [0.25, 0.3) is 0 Å². The number of aryl methyl sites for hydroxylation is 1. The molecule has 2 nitrogen and oxygen atoms in total. The molecule has 3 rings (SSSR count). The van der Waals surface area contributed by atoms with E-state index in [1.54, 1.807) is 0 Å². The third-order valence-corrected chi connectivity index (χ3v) is 5.51. The molecule has 0 aliphatic heterocycles. The minimum Gasteiger partial charge on any atom is -0.353 e. The van der Waals surface area contributed by atoms with Crippen LogP contribution in [0.4, 0.5) is 0 Å². The molecule has 0 bridgehead atoms. The van der Waals surface area contributed by atoms with Crippen molar-refractivity contribution in [2.24, 2.45) is 5.73 Å². The summed E-state index contributed by atoms with van der Waals surface area (Å²) < 4.78 is 2.23. The summed E-state index contributed by atoms with van der Waals surface area (Å²) in [6.45, 7) is 0.728. The Morgan fingerprint density at radius 2 is 1.87 bits per heavy atom. The van der Waals surface area contributed by atoms with Gasteiger partial charge in [0.1, 0.15) is 0 Å². The number of nitrogens with one attached hydrogen (secondary N) is 1. The number of aromatic nitrogens is 1. The van der Waals surface area contributed by atoms with E-state index < -0.39 is 0 Å². The molecular weight excluding hydrogens is 486 g/mol. The van der Waals surface area contributed by atoms with Gasteiger partial charge in [0.15, 0.2) is 0 Å². The Bertz CT molecular complexity index is 827. The smallest absolute Gasteiger partial charge is 0.0607 e. The van der Waals surface area contributed by atoms with E-state index in [1.165, 1.54) is 25.8 Å². The SMILES string of the molecule is NCCCCc1c(-c2ccc(I)cc2)[nH]c2c(Br)cc(Cl)cc12. The first kappa shape index (κ1) is 17.3. The lowest BCUT2D eigenvalue weighted by molar-refractivity contribution is 0.748. The van der Waals surface area contributed by atoms with Crippen LogP contribution in [-0.4, -0.2) is 11.5 Å². The van der Waals surface area contributed by atoms with Crippen molar-refractivity contribution in [3.8, 4) is 11.3 Å². The van der Waals surface area contributed by atoms with E-state index >= 15 is 0 Å². The van der Waals surface area contributed by atoms with Gasteiger partial charge in [0.05, 0.1) is 5.52 Å². The number of benzene rings is 2. The number of aromatic amines is 1. The number of fused-ring (bicyclic) bond motifs is 1. The second-order valence-corrected chi connectivity index (χ2v) is 8.08. The lowest BCUT2D eigenvalue weighted by atomic mass is 10.0. The maximum absolute atomic E-state index is 6.27. The second-order valence-electron chi connectivity index (χ2n) is 5.54. The Morgan fingerprint density at radius 3 is 2.57 bits per heavy atom. The normalized spacial score (nSPS) is 11.3. The van der Waals surface area contributed by atoms with Gasteiger partial charge in [-0.25, -0.2) is 0 Å². The number of unbranched alkanes of at least 4 members (excludes halogenated alkanes) is 1. The lowest BCUT2D eigenvalue weighted by Crippen LogP contribution is -1.99. The molecule has 0 fully saturated rings. The Kier molecular flexibility index (Phi) is 5.67. The van der Waals surface area contributed by atoms with Crippen molar-refractivity contribution in [1.82, 2.24) is 4.98 Å². The van der Waals surface area contributed by atoms with Gasteiger partial charge in [-0.3, -0.25) is 0 Å². The molecule has 0 amide bonds. The van der Waals surface area contributed by atoms with Gasteiger partial charge in [-0.15, -0.1) is 0 Å². The largest absolute Gasteiger partial charge is 0.353 e. The van der Waals surface area contributed by atoms with Crippen LogP contribution in [0.5, 0.6) is 0 Å². The molecule has 1 aromatic heterocycles. The van der Waals surface area contributed by atoms with Crippen LogP contribution in [0.3, 0.4) is 0 Å². The Hall–Kier alpha value is -0.560. The van der Waals surface area contributed by atoms with E-state index in [0.29, 0.717) is 0 Å². The van der Waals surface area contributed by atoms with Crippen molar-refractivity contribution in [1.29, 1.82) is 0 Å². The quantitative estimate of drug-likeness (QED) is 0.319. The monoisotopic (exact) mass is 502 g/mol. The molecule has 1 heterocycles. The third kappa shape index (κ3) is 3.76. The van der Waals surface area contributed by atoms with Crippen molar-refractivity contribution in [2.45, 2.75) is 19.3 Å². The van der Waals surface area contributed by atoms with Crippen LogP contribution in [0.1, 0.15) is 18.4 Å². The average molecular weight is 504 g/mol. The van der Waals surface area contributed by atoms with Crippen LogP contribution in [0.25, 0.3) is 22.2 Å². The van der Waals surface area contributed by atoms with Crippen molar-refractivity contribution in [2.75, 3.05) is 6.54 Å². The summed E-state index contributed by atoms with van der Waals surface area (Å²) >= 11 is 12.2. The highest BCUT2D eigenvalue weighted by molar-refractivity contribution is 14.1. The van der Waals surface area contributed by atoms with Crippen molar-refractivity contribution < 1.29 is 0 Å². The van der Waals surface area contributed by atoms with Gasteiger partial charge in [-0.2, -0.15) is 0 Å². The van der Waals surface area contributed by atoms with Crippen LogP contribution in [0.2, 0.25) is 5.02 Å². The standard InChI is InChI=1S/C18H17BrClIN2/c19-16-10-12(20)9-15-14(3-1-2-8-22)17(23-18(15)16)11-4-6-13(21)7-5-11/h4-7,9-10,23H,1-3,8,22H2. The molecule has 0 saturated carbocycles. The van der Waals surface area contributed by atoms with Crippen LogP contribution in [0.15, 0.2) is 40.9 Å². The fraction of sp³-hybridized carbons (Fsp3) is 0.222.